The number of hydrogen-bond acceptors (Lipinski definition) is 2. The monoisotopic (exact) mass is 434 g/mol. The van der Waals surface area contributed by atoms with Gasteiger partial charge in [-0.05, 0) is 36.3 Å². The number of halogens is 2. The van der Waals surface area contributed by atoms with Gasteiger partial charge in [0.1, 0.15) is 5.15 Å². The molecule has 1 N–H and O–H groups in total. The second kappa shape index (κ2) is 7.81. The fourth-order valence-electron chi connectivity index (χ4n) is 3.67. The summed E-state index contributed by atoms with van der Waals surface area (Å²) in [6, 6.07) is 3.82. The molecule has 4 nitrogen and oxygen atoms in total. The number of nitrogens with zero attached hydrogens (tertiary/aromatic N) is 3. The van der Waals surface area contributed by atoms with Gasteiger partial charge in [0.25, 0.3) is 0 Å². The van der Waals surface area contributed by atoms with Crippen molar-refractivity contribution in [2.45, 2.75) is 38.6 Å². The Morgan fingerprint density at radius 3 is 2.77 bits per heavy atom. The van der Waals surface area contributed by atoms with Crippen LogP contribution in [0.25, 0.3) is 0 Å². The topological polar surface area (TPSA) is 40.5 Å². The van der Waals surface area contributed by atoms with Gasteiger partial charge in [0.15, 0.2) is 5.96 Å². The molecule has 1 saturated carbocycles. The van der Waals surface area contributed by atoms with Crippen molar-refractivity contribution >= 4 is 41.5 Å². The predicted molar refractivity (Wildman–Crippen MR) is 102 cm³/mol. The largest absolute Gasteiger partial charge is 0.352 e. The number of rotatable bonds is 2. The van der Waals surface area contributed by atoms with E-state index >= 15 is 0 Å². The molecule has 22 heavy (non-hydrogen) atoms. The standard InChI is InChI=1S/C16H23ClN4.HI/c1-18-15(20-11-13-4-5-14(17)19-10-13)21-9-8-16(12-21)6-2-3-7-16;/h4-5,10H,2-3,6-9,11-12H2,1H3,(H,18,20);1H. The SMILES string of the molecule is CN=C(NCc1ccc(Cl)nc1)N1CCC2(CCCC2)C1.I. The van der Waals surface area contributed by atoms with E-state index in [1.54, 1.807) is 0 Å². The van der Waals surface area contributed by atoms with Crippen LogP contribution in [-0.2, 0) is 6.54 Å². The van der Waals surface area contributed by atoms with Gasteiger partial charge in [0.05, 0.1) is 0 Å². The summed E-state index contributed by atoms with van der Waals surface area (Å²) >= 11 is 5.81. The molecule has 2 heterocycles. The highest BCUT2D eigenvalue weighted by molar-refractivity contribution is 14.0. The number of aliphatic imine (C=N–C) groups is 1. The number of likely N-dealkylation sites (tertiary alicyclic amines) is 1. The highest BCUT2D eigenvalue weighted by atomic mass is 127. The second-order valence-electron chi connectivity index (χ2n) is 6.27. The molecule has 0 bridgehead atoms. The Balaban J connectivity index is 0.00000176. The highest BCUT2D eigenvalue weighted by Crippen LogP contribution is 2.45. The third-order valence-electron chi connectivity index (χ3n) is 4.85. The Bertz CT molecular complexity index is 511. The summed E-state index contributed by atoms with van der Waals surface area (Å²) in [7, 11) is 1.86. The van der Waals surface area contributed by atoms with Crippen LogP contribution in [0, 0.1) is 5.41 Å². The van der Waals surface area contributed by atoms with Crippen LogP contribution < -0.4 is 5.32 Å². The van der Waals surface area contributed by atoms with E-state index in [1.165, 1.54) is 32.1 Å². The molecule has 3 rings (SSSR count). The summed E-state index contributed by atoms with van der Waals surface area (Å²) < 4.78 is 0. The molecule has 0 radical (unpaired) electrons. The van der Waals surface area contributed by atoms with E-state index in [1.807, 2.05) is 25.4 Å². The normalized spacial score (nSPS) is 20.3. The molecule has 6 heteroatoms. The lowest BCUT2D eigenvalue weighted by Crippen LogP contribution is -2.40. The molecular weight excluding hydrogens is 411 g/mol. The Hall–Kier alpha value is -0.560. The minimum Gasteiger partial charge on any atom is -0.352 e. The molecule has 0 atom stereocenters. The van der Waals surface area contributed by atoms with Gasteiger partial charge in [0, 0.05) is 32.9 Å². The van der Waals surface area contributed by atoms with E-state index in [-0.39, 0.29) is 24.0 Å². The summed E-state index contributed by atoms with van der Waals surface area (Å²) in [5, 5.41) is 3.98. The van der Waals surface area contributed by atoms with Crippen molar-refractivity contribution in [3.8, 4) is 0 Å². The molecule has 122 valence electrons. The molecule has 0 aromatic carbocycles. The number of nitrogens with one attached hydrogen (secondary N) is 1. The first-order chi connectivity index (χ1) is 10.2. The van der Waals surface area contributed by atoms with E-state index in [2.05, 4.69) is 20.2 Å². The average Bonchev–Trinajstić information content (AvgIpc) is 3.13. The number of hydrogen-bond donors (Lipinski definition) is 1. The summed E-state index contributed by atoms with van der Waals surface area (Å²) in [5.41, 5.74) is 1.69. The van der Waals surface area contributed by atoms with Crippen LogP contribution in [-0.4, -0.2) is 36.0 Å². The van der Waals surface area contributed by atoms with E-state index in [4.69, 9.17) is 11.6 Å². The number of aromatic nitrogens is 1. The fourth-order valence-corrected chi connectivity index (χ4v) is 3.79. The van der Waals surface area contributed by atoms with Crippen LogP contribution in [0.1, 0.15) is 37.7 Å². The van der Waals surface area contributed by atoms with Crippen LogP contribution in [0.15, 0.2) is 23.3 Å². The summed E-state index contributed by atoms with van der Waals surface area (Å²) in [6.07, 6.45) is 8.71. The highest BCUT2D eigenvalue weighted by Gasteiger charge is 2.40. The van der Waals surface area contributed by atoms with Gasteiger partial charge in [-0.3, -0.25) is 4.99 Å². The molecule has 2 aliphatic rings. The lowest BCUT2D eigenvalue weighted by atomic mass is 9.86. The first-order valence-electron chi connectivity index (χ1n) is 7.77. The molecule has 1 aromatic rings. The van der Waals surface area contributed by atoms with E-state index in [0.29, 0.717) is 10.6 Å². The van der Waals surface area contributed by atoms with Gasteiger partial charge in [0.2, 0.25) is 0 Å². The van der Waals surface area contributed by atoms with Gasteiger partial charge in [-0.2, -0.15) is 0 Å². The van der Waals surface area contributed by atoms with Crippen molar-refractivity contribution < 1.29 is 0 Å². The van der Waals surface area contributed by atoms with E-state index in [0.717, 1.165) is 31.2 Å². The molecular formula is C16H24ClIN4. The number of guanidine groups is 1. The predicted octanol–water partition coefficient (Wildman–Crippen LogP) is 3.69. The van der Waals surface area contributed by atoms with Crippen LogP contribution >= 0.6 is 35.6 Å². The summed E-state index contributed by atoms with van der Waals surface area (Å²) in [6.45, 7) is 3.02. The minimum absolute atomic E-state index is 0. The van der Waals surface area contributed by atoms with Gasteiger partial charge in [-0.25, -0.2) is 4.98 Å². The van der Waals surface area contributed by atoms with Crippen molar-refractivity contribution in [2.75, 3.05) is 20.1 Å². The van der Waals surface area contributed by atoms with E-state index < -0.39 is 0 Å². The smallest absolute Gasteiger partial charge is 0.193 e. The van der Waals surface area contributed by atoms with Crippen molar-refractivity contribution in [1.29, 1.82) is 0 Å². The zero-order valence-corrected chi connectivity index (χ0v) is 16.1. The van der Waals surface area contributed by atoms with Crippen molar-refractivity contribution in [1.82, 2.24) is 15.2 Å². The zero-order valence-electron chi connectivity index (χ0n) is 13.0. The maximum absolute atomic E-state index is 5.81. The van der Waals surface area contributed by atoms with Crippen molar-refractivity contribution in [3.05, 3.63) is 29.0 Å². The lowest BCUT2D eigenvalue weighted by molar-refractivity contribution is 0.309. The third-order valence-corrected chi connectivity index (χ3v) is 5.08. The zero-order chi connectivity index (χ0) is 14.7. The maximum atomic E-state index is 5.81. The Labute approximate surface area is 154 Å². The molecule has 0 amide bonds. The average molecular weight is 435 g/mol. The van der Waals surface area contributed by atoms with Crippen LogP contribution in [0.5, 0.6) is 0 Å². The van der Waals surface area contributed by atoms with E-state index in [9.17, 15) is 0 Å². The third kappa shape index (κ3) is 4.04. The van der Waals surface area contributed by atoms with Crippen molar-refractivity contribution in [3.63, 3.8) is 0 Å². The van der Waals surface area contributed by atoms with Crippen LogP contribution in [0.4, 0.5) is 0 Å². The van der Waals surface area contributed by atoms with Crippen LogP contribution in [0.2, 0.25) is 5.15 Å². The first-order valence-corrected chi connectivity index (χ1v) is 8.15. The summed E-state index contributed by atoms with van der Waals surface area (Å²) in [4.78, 5) is 11.0. The molecule has 1 saturated heterocycles. The maximum Gasteiger partial charge on any atom is 0.193 e. The van der Waals surface area contributed by atoms with Gasteiger partial charge >= 0.3 is 0 Å². The molecule has 0 unspecified atom stereocenters. The molecule has 2 fully saturated rings. The minimum atomic E-state index is 0. The van der Waals surface area contributed by atoms with Gasteiger partial charge in [-0.15, -0.1) is 24.0 Å². The van der Waals surface area contributed by atoms with Gasteiger partial charge in [-0.1, -0.05) is 30.5 Å². The second-order valence-corrected chi connectivity index (χ2v) is 6.66. The first kappa shape index (κ1) is 17.8. The molecule has 1 aromatic heterocycles. The molecule has 1 aliphatic carbocycles. The van der Waals surface area contributed by atoms with Gasteiger partial charge < -0.3 is 10.2 Å². The quantitative estimate of drug-likeness (QED) is 0.334. The fraction of sp³-hybridized carbons (Fsp3) is 0.625. The summed E-state index contributed by atoms with van der Waals surface area (Å²) in [5.74, 6) is 1.01. The number of pyridine rings is 1. The Kier molecular flexibility index (Phi) is 6.32. The Morgan fingerprint density at radius 2 is 2.14 bits per heavy atom. The molecule has 1 aliphatic heterocycles. The van der Waals surface area contributed by atoms with Crippen molar-refractivity contribution in [2.24, 2.45) is 10.4 Å². The van der Waals surface area contributed by atoms with Crippen LogP contribution in [0.3, 0.4) is 0 Å². The lowest BCUT2D eigenvalue weighted by Gasteiger charge is -2.25. The molecule has 1 spiro atoms. The Morgan fingerprint density at radius 1 is 1.36 bits per heavy atom.